The van der Waals surface area contributed by atoms with Gasteiger partial charge < -0.3 is 19.7 Å². The quantitative estimate of drug-likeness (QED) is 0.708. The summed E-state index contributed by atoms with van der Waals surface area (Å²) in [5.41, 5.74) is -1.81. The number of carbonyl (C=O) groups excluding carboxylic acids is 1. The van der Waals surface area contributed by atoms with Crippen LogP contribution in [-0.4, -0.2) is 57.6 Å². The fourth-order valence-electron chi connectivity index (χ4n) is 3.62. The SMILES string of the molecule is COc1cc(C(F)(F)F)ccc1-c1nnc(N[C@@H]2CCCN(C(=O)OC(C)(C)C)C2)c(=O)n1C. The Kier molecular flexibility index (Phi) is 7.08. The van der Waals surface area contributed by atoms with E-state index in [1.54, 1.807) is 25.7 Å². The van der Waals surface area contributed by atoms with Crippen LogP contribution in [0.15, 0.2) is 23.0 Å². The van der Waals surface area contributed by atoms with Crippen LogP contribution in [0.5, 0.6) is 5.75 Å². The topological polar surface area (TPSA) is 98.6 Å². The Morgan fingerprint density at radius 3 is 2.53 bits per heavy atom. The van der Waals surface area contributed by atoms with E-state index in [1.807, 2.05) is 0 Å². The lowest BCUT2D eigenvalue weighted by Gasteiger charge is -2.34. The van der Waals surface area contributed by atoms with E-state index in [-0.39, 0.29) is 29.0 Å². The van der Waals surface area contributed by atoms with E-state index < -0.39 is 29.0 Å². The molecule has 34 heavy (non-hydrogen) atoms. The van der Waals surface area contributed by atoms with Crippen LogP contribution < -0.4 is 15.6 Å². The maximum absolute atomic E-state index is 13.0. The molecule has 1 atom stereocenters. The smallest absolute Gasteiger partial charge is 0.416 e. The van der Waals surface area contributed by atoms with Gasteiger partial charge in [0.2, 0.25) is 5.82 Å². The van der Waals surface area contributed by atoms with Crippen LogP contribution in [0.1, 0.15) is 39.2 Å². The van der Waals surface area contributed by atoms with Gasteiger partial charge in [-0.05, 0) is 51.8 Å². The van der Waals surface area contributed by atoms with Gasteiger partial charge in [-0.25, -0.2) is 4.79 Å². The molecule has 0 spiro atoms. The van der Waals surface area contributed by atoms with Gasteiger partial charge in [-0.15, -0.1) is 10.2 Å². The number of hydrogen-bond acceptors (Lipinski definition) is 7. The Bertz CT molecular complexity index is 1110. The van der Waals surface area contributed by atoms with Crippen molar-refractivity contribution in [1.29, 1.82) is 0 Å². The monoisotopic (exact) mass is 483 g/mol. The maximum Gasteiger partial charge on any atom is 0.416 e. The molecule has 0 saturated carbocycles. The predicted octanol–water partition coefficient (Wildman–Crippen LogP) is 3.68. The summed E-state index contributed by atoms with van der Waals surface area (Å²) >= 11 is 0. The number of methoxy groups -OCH3 is 1. The first-order valence-corrected chi connectivity index (χ1v) is 10.7. The van der Waals surface area contributed by atoms with Crippen LogP contribution in [0.2, 0.25) is 0 Å². The molecule has 1 amide bonds. The Morgan fingerprint density at radius 2 is 1.91 bits per heavy atom. The van der Waals surface area contributed by atoms with Crippen LogP contribution >= 0.6 is 0 Å². The number of carbonyl (C=O) groups is 1. The molecule has 186 valence electrons. The fourth-order valence-corrected chi connectivity index (χ4v) is 3.62. The minimum Gasteiger partial charge on any atom is -0.496 e. The molecule has 1 aromatic heterocycles. The molecular weight excluding hydrogens is 455 g/mol. The summed E-state index contributed by atoms with van der Waals surface area (Å²) in [4.78, 5) is 26.9. The first kappa shape index (κ1) is 25.3. The number of amides is 1. The fraction of sp³-hybridized carbons (Fsp3) is 0.545. The van der Waals surface area contributed by atoms with E-state index in [4.69, 9.17) is 9.47 Å². The third kappa shape index (κ3) is 5.78. The molecule has 1 aliphatic rings. The molecule has 0 aliphatic carbocycles. The summed E-state index contributed by atoms with van der Waals surface area (Å²) in [6.45, 7) is 6.24. The average molecular weight is 483 g/mol. The normalized spacial score (nSPS) is 16.8. The zero-order chi connectivity index (χ0) is 25.3. The molecule has 0 unspecified atom stereocenters. The second kappa shape index (κ2) is 9.51. The summed E-state index contributed by atoms with van der Waals surface area (Å²) in [7, 11) is 2.68. The van der Waals surface area contributed by atoms with Gasteiger partial charge in [0.25, 0.3) is 5.56 Å². The van der Waals surface area contributed by atoms with Gasteiger partial charge >= 0.3 is 12.3 Å². The lowest BCUT2D eigenvalue weighted by molar-refractivity contribution is -0.137. The van der Waals surface area contributed by atoms with E-state index >= 15 is 0 Å². The molecule has 1 saturated heterocycles. The number of nitrogens with one attached hydrogen (secondary N) is 1. The molecule has 1 N–H and O–H groups in total. The summed E-state index contributed by atoms with van der Waals surface area (Å²) in [5.74, 6) is -0.0477. The van der Waals surface area contributed by atoms with Gasteiger partial charge in [0.1, 0.15) is 11.4 Å². The summed E-state index contributed by atoms with van der Waals surface area (Å²) in [6, 6.07) is 2.69. The molecule has 1 fully saturated rings. The zero-order valence-corrected chi connectivity index (χ0v) is 19.7. The minimum atomic E-state index is -4.54. The minimum absolute atomic E-state index is 0.0202. The van der Waals surface area contributed by atoms with Crippen molar-refractivity contribution in [3.8, 4) is 17.1 Å². The highest BCUT2D eigenvalue weighted by molar-refractivity contribution is 5.68. The molecule has 0 bridgehead atoms. The highest BCUT2D eigenvalue weighted by atomic mass is 19.4. The van der Waals surface area contributed by atoms with E-state index in [2.05, 4.69) is 15.5 Å². The first-order chi connectivity index (χ1) is 15.8. The second-order valence-corrected chi connectivity index (χ2v) is 9.06. The standard InChI is InChI=1S/C22H28F3N5O4/c1-21(2,3)34-20(32)30-10-6-7-14(12-30)26-17-19(31)29(4)18(28-27-17)15-9-8-13(22(23,24)25)11-16(15)33-5/h8-9,11,14H,6-7,10,12H2,1-5H3,(H,26,27)/t14-/m1/s1. The summed E-state index contributed by atoms with van der Waals surface area (Å²) in [5, 5.41) is 11.1. The number of anilines is 1. The number of alkyl halides is 3. The summed E-state index contributed by atoms with van der Waals surface area (Å²) < 4.78 is 50.8. The van der Waals surface area contributed by atoms with Gasteiger partial charge in [0, 0.05) is 26.2 Å². The Morgan fingerprint density at radius 1 is 1.21 bits per heavy atom. The van der Waals surface area contributed by atoms with Crippen LogP contribution in [-0.2, 0) is 18.0 Å². The van der Waals surface area contributed by atoms with Crippen molar-refractivity contribution >= 4 is 11.9 Å². The van der Waals surface area contributed by atoms with E-state index in [9.17, 15) is 22.8 Å². The van der Waals surface area contributed by atoms with Gasteiger partial charge in [-0.1, -0.05) is 0 Å². The molecule has 2 aromatic rings. The molecular formula is C22H28F3N5O4. The van der Waals surface area contributed by atoms with Crippen molar-refractivity contribution in [3.63, 3.8) is 0 Å². The predicted molar refractivity (Wildman–Crippen MR) is 119 cm³/mol. The van der Waals surface area contributed by atoms with Gasteiger partial charge in [0.05, 0.1) is 18.2 Å². The second-order valence-electron chi connectivity index (χ2n) is 9.06. The Labute approximate surface area is 194 Å². The van der Waals surface area contributed by atoms with Crippen molar-refractivity contribution in [1.82, 2.24) is 19.7 Å². The first-order valence-electron chi connectivity index (χ1n) is 10.7. The van der Waals surface area contributed by atoms with Gasteiger partial charge in [-0.2, -0.15) is 13.2 Å². The van der Waals surface area contributed by atoms with Crippen molar-refractivity contribution in [2.75, 3.05) is 25.5 Å². The number of benzene rings is 1. The number of halogens is 3. The van der Waals surface area contributed by atoms with E-state index in [1.165, 1.54) is 24.8 Å². The van der Waals surface area contributed by atoms with Crippen molar-refractivity contribution < 1.29 is 27.4 Å². The number of nitrogens with zero attached hydrogens (tertiary/aromatic N) is 4. The Balaban J connectivity index is 1.82. The van der Waals surface area contributed by atoms with Crippen LogP contribution in [0.3, 0.4) is 0 Å². The number of hydrogen-bond donors (Lipinski definition) is 1. The van der Waals surface area contributed by atoms with Crippen LogP contribution in [0.25, 0.3) is 11.4 Å². The lowest BCUT2D eigenvalue weighted by Crippen LogP contribution is -2.47. The number of piperidine rings is 1. The van der Waals surface area contributed by atoms with Crippen molar-refractivity contribution in [3.05, 3.63) is 34.1 Å². The molecule has 9 nitrogen and oxygen atoms in total. The number of ether oxygens (including phenoxy) is 2. The third-order valence-corrected chi connectivity index (χ3v) is 5.25. The molecule has 0 radical (unpaired) electrons. The number of aromatic nitrogens is 3. The van der Waals surface area contributed by atoms with Crippen LogP contribution in [0.4, 0.5) is 23.8 Å². The maximum atomic E-state index is 13.0. The number of likely N-dealkylation sites (tertiary alicyclic amines) is 1. The zero-order valence-electron chi connectivity index (χ0n) is 19.7. The van der Waals surface area contributed by atoms with Crippen molar-refractivity contribution in [2.24, 2.45) is 7.05 Å². The molecule has 1 aliphatic heterocycles. The number of rotatable bonds is 4. The average Bonchev–Trinajstić information content (AvgIpc) is 2.75. The third-order valence-electron chi connectivity index (χ3n) is 5.25. The van der Waals surface area contributed by atoms with E-state index in [0.29, 0.717) is 25.9 Å². The van der Waals surface area contributed by atoms with Crippen LogP contribution in [0, 0.1) is 0 Å². The molecule has 12 heteroatoms. The lowest BCUT2D eigenvalue weighted by atomic mass is 10.1. The highest BCUT2D eigenvalue weighted by Crippen LogP contribution is 2.36. The molecule has 2 heterocycles. The Hall–Kier alpha value is -3.31. The van der Waals surface area contributed by atoms with E-state index in [0.717, 1.165) is 12.1 Å². The van der Waals surface area contributed by atoms with Gasteiger partial charge in [0.15, 0.2) is 5.82 Å². The summed E-state index contributed by atoms with van der Waals surface area (Å²) in [6.07, 6.45) is -3.54. The van der Waals surface area contributed by atoms with Crippen molar-refractivity contribution in [2.45, 2.75) is 51.4 Å². The molecule has 1 aromatic carbocycles. The highest BCUT2D eigenvalue weighted by Gasteiger charge is 2.32. The largest absolute Gasteiger partial charge is 0.496 e. The van der Waals surface area contributed by atoms with Gasteiger partial charge in [-0.3, -0.25) is 9.36 Å². The molecule has 3 rings (SSSR count).